The molecule has 0 unspecified atom stereocenters. The number of carbonyl (C=O) groups excluding carboxylic acids is 1. The molecule has 0 spiro atoms. The van der Waals surface area contributed by atoms with E-state index in [0.717, 1.165) is 41.2 Å². The molecule has 0 radical (unpaired) electrons. The van der Waals surface area contributed by atoms with Gasteiger partial charge in [-0.05, 0) is 18.9 Å². The fourth-order valence-electron chi connectivity index (χ4n) is 2.96. The highest BCUT2D eigenvalue weighted by Gasteiger charge is 2.25. The number of benzene rings is 1. The number of hydrogen-bond acceptors (Lipinski definition) is 4. The number of rotatable bonds is 3. The van der Waals surface area contributed by atoms with E-state index in [2.05, 4.69) is 10.3 Å². The van der Waals surface area contributed by atoms with Crippen LogP contribution in [-0.4, -0.2) is 10.9 Å². The van der Waals surface area contributed by atoms with Gasteiger partial charge < -0.3 is 9.73 Å². The monoisotopic (exact) mass is 324 g/mol. The smallest absolute Gasteiger partial charge is 0.271 e. The molecule has 4 nitrogen and oxygen atoms in total. The molecule has 1 amide bonds. The molecule has 1 aliphatic carbocycles. The molecule has 2 heterocycles. The number of nitrogens with zero attached hydrogens (tertiary/aromatic N) is 1. The zero-order chi connectivity index (χ0) is 15.6. The number of aryl methyl sites for hydroxylation is 1. The van der Waals surface area contributed by atoms with E-state index in [1.807, 2.05) is 41.8 Å². The van der Waals surface area contributed by atoms with Gasteiger partial charge in [0.15, 0.2) is 0 Å². The summed E-state index contributed by atoms with van der Waals surface area (Å²) in [6, 6.07) is 11.9. The van der Waals surface area contributed by atoms with Crippen LogP contribution in [0, 0.1) is 0 Å². The highest BCUT2D eigenvalue weighted by Crippen LogP contribution is 2.31. The highest BCUT2D eigenvalue weighted by atomic mass is 32.1. The van der Waals surface area contributed by atoms with Crippen LogP contribution < -0.4 is 5.32 Å². The second-order valence-electron chi connectivity index (χ2n) is 5.62. The van der Waals surface area contributed by atoms with Gasteiger partial charge in [0.1, 0.15) is 16.5 Å². The first-order valence-corrected chi connectivity index (χ1v) is 8.57. The number of thiazole rings is 1. The molecule has 1 atom stereocenters. The van der Waals surface area contributed by atoms with Gasteiger partial charge in [0.05, 0.1) is 12.3 Å². The summed E-state index contributed by atoms with van der Waals surface area (Å²) in [4.78, 5) is 17.0. The van der Waals surface area contributed by atoms with Crippen LogP contribution in [-0.2, 0) is 6.42 Å². The van der Waals surface area contributed by atoms with Gasteiger partial charge in [-0.2, -0.15) is 0 Å². The molecule has 0 saturated heterocycles. The first-order chi connectivity index (χ1) is 11.3. The quantitative estimate of drug-likeness (QED) is 0.785. The second kappa shape index (κ2) is 6.01. The van der Waals surface area contributed by atoms with E-state index in [9.17, 15) is 4.79 Å². The molecule has 4 rings (SSSR count). The minimum atomic E-state index is -0.123. The third-order valence-corrected chi connectivity index (χ3v) is 5.01. The molecule has 1 aromatic carbocycles. The average Bonchev–Trinajstić information content (AvgIpc) is 3.25. The molecule has 5 heteroatoms. The Labute approximate surface area is 138 Å². The lowest BCUT2D eigenvalue weighted by Gasteiger charge is -2.22. The summed E-state index contributed by atoms with van der Waals surface area (Å²) >= 11 is 1.49. The van der Waals surface area contributed by atoms with Crippen molar-refractivity contribution in [3.63, 3.8) is 0 Å². The summed E-state index contributed by atoms with van der Waals surface area (Å²) in [5.41, 5.74) is 2.61. The molecule has 116 valence electrons. The third kappa shape index (κ3) is 2.80. The fourth-order valence-corrected chi connectivity index (χ4v) is 3.77. The molecule has 2 aromatic heterocycles. The van der Waals surface area contributed by atoms with Crippen molar-refractivity contribution in [1.29, 1.82) is 0 Å². The summed E-state index contributed by atoms with van der Waals surface area (Å²) in [7, 11) is 0. The van der Waals surface area contributed by atoms with Gasteiger partial charge in [0.2, 0.25) is 0 Å². The topological polar surface area (TPSA) is 55.1 Å². The van der Waals surface area contributed by atoms with Crippen molar-refractivity contribution in [2.24, 2.45) is 0 Å². The Morgan fingerprint density at radius 2 is 2.13 bits per heavy atom. The van der Waals surface area contributed by atoms with E-state index in [1.165, 1.54) is 11.3 Å². The molecule has 1 aliphatic rings. The van der Waals surface area contributed by atoms with Crippen LogP contribution >= 0.6 is 11.3 Å². The zero-order valence-electron chi connectivity index (χ0n) is 12.5. The van der Waals surface area contributed by atoms with Crippen molar-refractivity contribution < 1.29 is 9.21 Å². The Morgan fingerprint density at radius 1 is 1.26 bits per heavy atom. The van der Waals surface area contributed by atoms with E-state index in [1.54, 1.807) is 6.26 Å². The lowest BCUT2D eigenvalue weighted by Crippen LogP contribution is -2.30. The maximum absolute atomic E-state index is 12.5. The standard InChI is InChI=1S/C18H16N2O2S/c21-17(19-14-7-4-8-16-13(14)9-10-22-16)15-11-23-18(20-15)12-5-2-1-3-6-12/h1-3,5-6,9-11,14H,4,7-8H2,(H,19,21)/t14-/m1/s1. The first-order valence-electron chi connectivity index (χ1n) is 7.69. The SMILES string of the molecule is O=C(N[C@@H]1CCCc2occc21)c1csc(-c2ccccc2)n1. The van der Waals surface area contributed by atoms with E-state index in [4.69, 9.17) is 4.42 Å². The summed E-state index contributed by atoms with van der Waals surface area (Å²) in [6.07, 6.45) is 4.61. The summed E-state index contributed by atoms with van der Waals surface area (Å²) in [5, 5.41) is 5.77. The van der Waals surface area contributed by atoms with Crippen LogP contribution in [0.3, 0.4) is 0 Å². The number of nitrogens with one attached hydrogen (secondary N) is 1. The van der Waals surface area contributed by atoms with Crippen molar-refractivity contribution >= 4 is 17.2 Å². The summed E-state index contributed by atoms with van der Waals surface area (Å²) in [5.74, 6) is 0.868. The number of fused-ring (bicyclic) bond motifs is 1. The molecular weight excluding hydrogens is 308 g/mol. The fraction of sp³-hybridized carbons (Fsp3) is 0.222. The molecule has 0 saturated carbocycles. The third-order valence-electron chi connectivity index (χ3n) is 4.11. The molecular formula is C18H16N2O2S. The minimum Gasteiger partial charge on any atom is -0.469 e. The van der Waals surface area contributed by atoms with Crippen LogP contribution in [0.15, 0.2) is 52.5 Å². The zero-order valence-corrected chi connectivity index (χ0v) is 13.3. The van der Waals surface area contributed by atoms with Gasteiger partial charge in [-0.25, -0.2) is 4.98 Å². The Morgan fingerprint density at radius 3 is 3.00 bits per heavy atom. The van der Waals surface area contributed by atoms with Gasteiger partial charge in [0.25, 0.3) is 5.91 Å². The van der Waals surface area contributed by atoms with Crippen LogP contribution in [0.2, 0.25) is 0 Å². The highest BCUT2D eigenvalue weighted by molar-refractivity contribution is 7.13. The first kappa shape index (κ1) is 14.2. The van der Waals surface area contributed by atoms with Gasteiger partial charge in [-0.3, -0.25) is 4.79 Å². The maximum atomic E-state index is 12.5. The Balaban J connectivity index is 1.52. The Bertz CT molecular complexity index is 822. The predicted molar refractivity (Wildman–Crippen MR) is 89.4 cm³/mol. The normalized spacial score (nSPS) is 16.8. The van der Waals surface area contributed by atoms with Crippen molar-refractivity contribution in [3.8, 4) is 10.6 Å². The van der Waals surface area contributed by atoms with Gasteiger partial charge in [-0.1, -0.05) is 30.3 Å². The largest absolute Gasteiger partial charge is 0.469 e. The molecule has 0 bridgehead atoms. The number of aromatic nitrogens is 1. The van der Waals surface area contributed by atoms with E-state index < -0.39 is 0 Å². The van der Waals surface area contributed by atoms with Crippen molar-refractivity contribution in [2.45, 2.75) is 25.3 Å². The van der Waals surface area contributed by atoms with Crippen LogP contribution in [0.4, 0.5) is 0 Å². The molecule has 1 N–H and O–H groups in total. The van der Waals surface area contributed by atoms with Gasteiger partial charge >= 0.3 is 0 Å². The predicted octanol–water partition coefficient (Wildman–Crippen LogP) is 4.21. The molecule has 0 aliphatic heterocycles. The lowest BCUT2D eigenvalue weighted by molar-refractivity contribution is 0.0928. The number of amides is 1. The number of carbonyl (C=O) groups is 1. The minimum absolute atomic E-state index is 0.0203. The number of hydrogen-bond donors (Lipinski definition) is 1. The molecule has 3 aromatic rings. The average molecular weight is 324 g/mol. The van der Waals surface area contributed by atoms with E-state index in [-0.39, 0.29) is 11.9 Å². The molecule has 0 fully saturated rings. The lowest BCUT2D eigenvalue weighted by atomic mass is 9.93. The van der Waals surface area contributed by atoms with Gasteiger partial charge in [-0.15, -0.1) is 11.3 Å². The number of furan rings is 1. The maximum Gasteiger partial charge on any atom is 0.271 e. The molecule has 23 heavy (non-hydrogen) atoms. The van der Waals surface area contributed by atoms with Crippen LogP contribution in [0.1, 0.15) is 40.7 Å². The van der Waals surface area contributed by atoms with E-state index in [0.29, 0.717) is 5.69 Å². The van der Waals surface area contributed by atoms with Crippen molar-refractivity contribution in [3.05, 3.63) is 65.1 Å². The van der Waals surface area contributed by atoms with Crippen LogP contribution in [0.5, 0.6) is 0 Å². The van der Waals surface area contributed by atoms with Crippen LogP contribution in [0.25, 0.3) is 10.6 Å². The summed E-state index contributed by atoms with van der Waals surface area (Å²) in [6.45, 7) is 0. The second-order valence-corrected chi connectivity index (χ2v) is 6.48. The van der Waals surface area contributed by atoms with Crippen molar-refractivity contribution in [2.75, 3.05) is 0 Å². The van der Waals surface area contributed by atoms with E-state index >= 15 is 0 Å². The Kier molecular flexibility index (Phi) is 3.71. The Hall–Kier alpha value is -2.40. The van der Waals surface area contributed by atoms with Crippen molar-refractivity contribution in [1.82, 2.24) is 10.3 Å². The summed E-state index contributed by atoms with van der Waals surface area (Å²) < 4.78 is 5.47. The van der Waals surface area contributed by atoms with Gasteiger partial charge in [0, 0.05) is 22.9 Å².